The highest BCUT2D eigenvalue weighted by Crippen LogP contribution is 2.31. The van der Waals surface area contributed by atoms with Gasteiger partial charge in [0.25, 0.3) is 0 Å². The van der Waals surface area contributed by atoms with Crippen LogP contribution >= 0.6 is 0 Å². The molecule has 1 atom stereocenters. The average molecular weight is 238 g/mol. The summed E-state index contributed by atoms with van der Waals surface area (Å²) in [6, 6.07) is 3.20. The number of hydrogen-bond donors (Lipinski definition) is 2. The van der Waals surface area contributed by atoms with Crippen LogP contribution in [-0.2, 0) is 0 Å². The van der Waals surface area contributed by atoms with E-state index >= 15 is 0 Å². The lowest BCUT2D eigenvalue weighted by atomic mass is 9.80. The van der Waals surface area contributed by atoms with Crippen LogP contribution in [0.3, 0.4) is 0 Å². The van der Waals surface area contributed by atoms with Crippen LogP contribution < -0.4 is 5.32 Å². The van der Waals surface area contributed by atoms with Gasteiger partial charge in [-0.25, -0.2) is 4.39 Å². The minimum atomic E-state index is -0.534. The zero-order chi connectivity index (χ0) is 12.3. The Morgan fingerprint density at radius 1 is 1.53 bits per heavy atom. The van der Waals surface area contributed by atoms with Gasteiger partial charge in [-0.15, -0.1) is 0 Å². The summed E-state index contributed by atoms with van der Waals surface area (Å²) < 4.78 is 12.8. The monoisotopic (exact) mass is 238 g/mol. The Kier molecular flexibility index (Phi) is 3.74. The van der Waals surface area contributed by atoms with E-state index in [1.807, 2.05) is 6.92 Å². The van der Waals surface area contributed by atoms with E-state index in [2.05, 4.69) is 10.3 Å². The predicted octanol–water partition coefficient (Wildman–Crippen LogP) is 2.18. The molecule has 2 rings (SSSR count). The van der Waals surface area contributed by atoms with Crippen LogP contribution in [0.15, 0.2) is 18.3 Å². The maximum absolute atomic E-state index is 12.8. The van der Waals surface area contributed by atoms with Crippen molar-refractivity contribution in [1.29, 1.82) is 0 Å². The Bertz CT molecular complexity index is 362. The molecule has 1 saturated carbocycles. The quantitative estimate of drug-likeness (QED) is 0.826. The molecule has 1 heterocycles. The van der Waals surface area contributed by atoms with Crippen LogP contribution in [0.2, 0.25) is 0 Å². The summed E-state index contributed by atoms with van der Waals surface area (Å²) in [6.45, 7) is 2.64. The topological polar surface area (TPSA) is 45.1 Å². The van der Waals surface area contributed by atoms with Gasteiger partial charge in [0.2, 0.25) is 0 Å². The van der Waals surface area contributed by atoms with Crippen molar-refractivity contribution >= 4 is 0 Å². The number of nitrogens with one attached hydrogen (secondary N) is 1. The van der Waals surface area contributed by atoms with Gasteiger partial charge in [-0.3, -0.25) is 4.98 Å². The maximum Gasteiger partial charge on any atom is 0.141 e. The Labute approximate surface area is 101 Å². The van der Waals surface area contributed by atoms with E-state index in [1.54, 1.807) is 6.07 Å². The van der Waals surface area contributed by atoms with Crippen LogP contribution in [0.1, 0.15) is 44.3 Å². The van der Waals surface area contributed by atoms with Crippen LogP contribution in [0.25, 0.3) is 0 Å². The van der Waals surface area contributed by atoms with Crippen LogP contribution in [0, 0.1) is 5.82 Å². The largest absolute Gasteiger partial charge is 0.389 e. The van der Waals surface area contributed by atoms with Gasteiger partial charge < -0.3 is 10.4 Å². The zero-order valence-corrected chi connectivity index (χ0v) is 10.1. The molecule has 0 amide bonds. The van der Waals surface area contributed by atoms with Crippen molar-refractivity contribution < 1.29 is 9.50 Å². The van der Waals surface area contributed by atoms with Crippen molar-refractivity contribution in [2.24, 2.45) is 0 Å². The van der Waals surface area contributed by atoms with Crippen LogP contribution in [-0.4, -0.2) is 22.2 Å². The molecule has 1 aliphatic carbocycles. The molecule has 1 unspecified atom stereocenters. The number of aromatic nitrogens is 1. The first-order valence-corrected chi connectivity index (χ1v) is 6.20. The summed E-state index contributed by atoms with van der Waals surface area (Å²) >= 11 is 0. The summed E-state index contributed by atoms with van der Waals surface area (Å²) in [5.74, 6) is -0.318. The second-order valence-corrected chi connectivity index (χ2v) is 4.82. The highest BCUT2D eigenvalue weighted by Gasteiger charge is 2.34. The highest BCUT2D eigenvalue weighted by atomic mass is 19.1. The van der Waals surface area contributed by atoms with Gasteiger partial charge in [0.05, 0.1) is 17.5 Å². The third kappa shape index (κ3) is 3.01. The van der Waals surface area contributed by atoms with Gasteiger partial charge in [0.15, 0.2) is 0 Å². The molecule has 94 valence electrons. The van der Waals surface area contributed by atoms with E-state index in [-0.39, 0.29) is 11.9 Å². The van der Waals surface area contributed by atoms with Crippen molar-refractivity contribution in [2.45, 2.75) is 44.2 Å². The highest BCUT2D eigenvalue weighted by molar-refractivity contribution is 5.10. The first-order chi connectivity index (χ1) is 8.13. The number of pyridine rings is 1. The standard InChI is InChI=1S/C13H19FN2O/c1-2-11(12-5-4-10(14)8-15-12)16-9-13(17)6-3-7-13/h4-5,8,11,16-17H,2-3,6-7,9H2,1H3. The second-order valence-electron chi connectivity index (χ2n) is 4.82. The van der Waals surface area contributed by atoms with Crippen LogP contribution in [0.5, 0.6) is 0 Å². The van der Waals surface area contributed by atoms with Crippen molar-refractivity contribution in [3.63, 3.8) is 0 Å². The van der Waals surface area contributed by atoms with Gasteiger partial charge in [-0.2, -0.15) is 0 Å². The molecule has 1 aromatic heterocycles. The lowest BCUT2D eigenvalue weighted by Gasteiger charge is -2.37. The van der Waals surface area contributed by atoms with E-state index in [1.165, 1.54) is 12.3 Å². The molecular formula is C13H19FN2O. The van der Waals surface area contributed by atoms with Crippen molar-refractivity contribution in [2.75, 3.05) is 6.54 Å². The molecule has 3 nitrogen and oxygen atoms in total. The number of nitrogens with zero attached hydrogens (tertiary/aromatic N) is 1. The van der Waals surface area contributed by atoms with Gasteiger partial charge in [-0.1, -0.05) is 6.92 Å². The third-order valence-electron chi connectivity index (χ3n) is 3.48. The lowest BCUT2D eigenvalue weighted by Crippen LogP contribution is -2.47. The molecule has 0 spiro atoms. The van der Waals surface area contributed by atoms with Crippen molar-refractivity contribution in [3.05, 3.63) is 29.8 Å². The lowest BCUT2D eigenvalue weighted by molar-refractivity contribution is -0.0334. The number of aliphatic hydroxyl groups is 1. The SMILES string of the molecule is CCC(NCC1(O)CCC1)c1ccc(F)cn1. The molecule has 0 bridgehead atoms. The van der Waals surface area contributed by atoms with E-state index in [4.69, 9.17) is 0 Å². The van der Waals surface area contributed by atoms with Gasteiger partial charge in [0.1, 0.15) is 5.82 Å². The fraction of sp³-hybridized carbons (Fsp3) is 0.615. The Morgan fingerprint density at radius 2 is 2.29 bits per heavy atom. The van der Waals surface area contributed by atoms with Crippen molar-refractivity contribution in [3.8, 4) is 0 Å². The summed E-state index contributed by atoms with van der Waals surface area (Å²) in [6.07, 6.45) is 4.94. The molecule has 0 aromatic carbocycles. The minimum absolute atomic E-state index is 0.0835. The molecule has 1 aromatic rings. The van der Waals surface area contributed by atoms with Crippen molar-refractivity contribution in [1.82, 2.24) is 10.3 Å². The van der Waals surface area contributed by atoms with Gasteiger partial charge >= 0.3 is 0 Å². The molecule has 17 heavy (non-hydrogen) atoms. The first kappa shape index (κ1) is 12.5. The predicted molar refractivity (Wildman–Crippen MR) is 64.0 cm³/mol. The molecular weight excluding hydrogens is 219 g/mol. The van der Waals surface area contributed by atoms with E-state index in [0.29, 0.717) is 6.54 Å². The number of rotatable bonds is 5. The van der Waals surface area contributed by atoms with Gasteiger partial charge in [-0.05, 0) is 37.8 Å². The molecule has 1 aliphatic rings. The summed E-state index contributed by atoms with van der Waals surface area (Å²) in [5.41, 5.74) is 0.296. The Morgan fingerprint density at radius 3 is 2.76 bits per heavy atom. The van der Waals surface area contributed by atoms with Gasteiger partial charge in [0, 0.05) is 12.6 Å². The molecule has 4 heteroatoms. The molecule has 1 fully saturated rings. The van der Waals surface area contributed by atoms with E-state index < -0.39 is 5.60 Å². The molecule has 0 saturated heterocycles. The summed E-state index contributed by atoms with van der Waals surface area (Å²) in [4.78, 5) is 4.07. The fourth-order valence-corrected chi connectivity index (χ4v) is 2.13. The Hall–Kier alpha value is -1.00. The third-order valence-corrected chi connectivity index (χ3v) is 3.48. The molecule has 0 aliphatic heterocycles. The number of hydrogen-bond acceptors (Lipinski definition) is 3. The molecule has 2 N–H and O–H groups in total. The van der Waals surface area contributed by atoms with E-state index in [0.717, 1.165) is 31.4 Å². The minimum Gasteiger partial charge on any atom is -0.389 e. The van der Waals surface area contributed by atoms with E-state index in [9.17, 15) is 9.50 Å². The molecule has 0 radical (unpaired) electrons. The zero-order valence-electron chi connectivity index (χ0n) is 10.1. The second kappa shape index (κ2) is 5.10. The average Bonchev–Trinajstić information content (AvgIpc) is 2.30. The number of halogens is 1. The Balaban J connectivity index is 1.94. The normalized spacial score (nSPS) is 19.7. The fourth-order valence-electron chi connectivity index (χ4n) is 2.13. The van der Waals surface area contributed by atoms with Crippen LogP contribution in [0.4, 0.5) is 4.39 Å². The smallest absolute Gasteiger partial charge is 0.141 e. The summed E-state index contributed by atoms with van der Waals surface area (Å²) in [7, 11) is 0. The maximum atomic E-state index is 12.8. The first-order valence-electron chi connectivity index (χ1n) is 6.20. The summed E-state index contributed by atoms with van der Waals surface area (Å²) in [5, 5.41) is 13.3.